The maximum absolute atomic E-state index is 12.0. The van der Waals surface area contributed by atoms with Gasteiger partial charge in [-0.15, -0.1) is 0 Å². The number of rotatable bonds is 7. The van der Waals surface area contributed by atoms with Crippen molar-refractivity contribution in [1.82, 2.24) is 10.6 Å². The Morgan fingerprint density at radius 1 is 1.25 bits per heavy atom. The molecule has 1 heterocycles. The molecule has 2 amide bonds. The van der Waals surface area contributed by atoms with Crippen LogP contribution in [0.3, 0.4) is 0 Å². The van der Waals surface area contributed by atoms with Gasteiger partial charge in [0.15, 0.2) is 18.1 Å². The quantitative estimate of drug-likeness (QED) is 0.707. The third-order valence-electron chi connectivity index (χ3n) is 3.41. The van der Waals surface area contributed by atoms with Crippen LogP contribution in [-0.4, -0.2) is 43.8 Å². The van der Waals surface area contributed by atoms with E-state index in [1.807, 2.05) is 13.8 Å². The molecule has 8 nitrogen and oxygen atoms in total. The fraction of sp³-hybridized carbons (Fsp3) is 0.438. The van der Waals surface area contributed by atoms with Gasteiger partial charge in [-0.25, -0.2) is 0 Å². The first-order chi connectivity index (χ1) is 11.5. The fourth-order valence-electron chi connectivity index (χ4n) is 1.91. The van der Waals surface area contributed by atoms with E-state index in [0.717, 1.165) is 6.42 Å². The molecule has 0 saturated heterocycles. The molecule has 1 aromatic rings. The van der Waals surface area contributed by atoms with Crippen LogP contribution in [0, 0.1) is 0 Å². The number of fused-ring (bicyclic) bond motifs is 1. The van der Waals surface area contributed by atoms with Crippen molar-refractivity contribution in [1.29, 1.82) is 0 Å². The Labute approximate surface area is 139 Å². The van der Waals surface area contributed by atoms with Crippen molar-refractivity contribution in [3.63, 3.8) is 0 Å². The second-order valence-corrected chi connectivity index (χ2v) is 5.29. The van der Waals surface area contributed by atoms with Crippen LogP contribution in [0.1, 0.15) is 30.6 Å². The predicted molar refractivity (Wildman–Crippen MR) is 83.8 cm³/mol. The third kappa shape index (κ3) is 4.87. The number of hydrogen-bond acceptors (Lipinski definition) is 6. The van der Waals surface area contributed by atoms with Gasteiger partial charge in [-0.05, 0) is 31.5 Å². The zero-order chi connectivity index (χ0) is 17.5. The van der Waals surface area contributed by atoms with E-state index in [-0.39, 0.29) is 31.9 Å². The van der Waals surface area contributed by atoms with E-state index in [1.165, 1.54) is 6.07 Å². The summed E-state index contributed by atoms with van der Waals surface area (Å²) in [7, 11) is 0. The van der Waals surface area contributed by atoms with E-state index < -0.39 is 11.9 Å². The van der Waals surface area contributed by atoms with Crippen LogP contribution in [0.4, 0.5) is 0 Å². The second kappa shape index (κ2) is 8.19. The molecule has 0 radical (unpaired) electrons. The topological polar surface area (TPSA) is 103 Å². The van der Waals surface area contributed by atoms with Gasteiger partial charge in [0.25, 0.3) is 11.8 Å². The molecule has 1 aliphatic heterocycles. The zero-order valence-corrected chi connectivity index (χ0v) is 13.6. The Hall–Kier alpha value is -2.77. The number of nitrogens with one attached hydrogen (secondary N) is 2. The van der Waals surface area contributed by atoms with Crippen LogP contribution in [0.2, 0.25) is 0 Å². The average molecular weight is 336 g/mol. The lowest BCUT2D eigenvalue weighted by Crippen LogP contribution is -2.37. The van der Waals surface area contributed by atoms with Crippen molar-refractivity contribution in [2.75, 3.05) is 19.9 Å². The molecule has 2 rings (SSSR count). The van der Waals surface area contributed by atoms with Gasteiger partial charge in [-0.1, -0.05) is 6.92 Å². The smallest absolute Gasteiger partial charge is 0.325 e. The number of benzene rings is 1. The highest BCUT2D eigenvalue weighted by molar-refractivity contribution is 5.96. The largest absolute Gasteiger partial charge is 0.454 e. The Balaban J connectivity index is 1.73. The molecule has 0 spiro atoms. The molecule has 1 atom stereocenters. The molecule has 0 bridgehead atoms. The Morgan fingerprint density at radius 3 is 2.75 bits per heavy atom. The van der Waals surface area contributed by atoms with Crippen molar-refractivity contribution in [3.8, 4) is 11.5 Å². The van der Waals surface area contributed by atoms with Crippen LogP contribution in [-0.2, 0) is 14.3 Å². The summed E-state index contributed by atoms with van der Waals surface area (Å²) in [4.78, 5) is 35.0. The summed E-state index contributed by atoms with van der Waals surface area (Å²) in [6.07, 6.45) is 0.783. The van der Waals surface area contributed by atoms with E-state index >= 15 is 0 Å². The van der Waals surface area contributed by atoms with Crippen molar-refractivity contribution >= 4 is 17.8 Å². The highest BCUT2D eigenvalue weighted by atomic mass is 16.7. The van der Waals surface area contributed by atoms with Gasteiger partial charge in [0, 0.05) is 11.6 Å². The summed E-state index contributed by atoms with van der Waals surface area (Å²) in [5.74, 6) is -0.470. The SMILES string of the molecule is CC[C@H](C)NC(=O)COC(=O)CNC(=O)c1ccc2c(c1)OCO2. The van der Waals surface area contributed by atoms with Crippen LogP contribution >= 0.6 is 0 Å². The van der Waals surface area contributed by atoms with Crippen LogP contribution in [0.15, 0.2) is 18.2 Å². The molecule has 0 saturated carbocycles. The lowest BCUT2D eigenvalue weighted by Gasteiger charge is -2.11. The molecular formula is C16H20N2O6. The van der Waals surface area contributed by atoms with Gasteiger partial charge < -0.3 is 24.8 Å². The van der Waals surface area contributed by atoms with E-state index in [9.17, 15) is 14.4 Å². The Kier molecular flexibility index (Phi) is 6.00. The molecular weight excluding hydrogens is 316 g/mol. The van der Waals surface area contributed by atoms with Gasteiger partial charge in [0.1, 0.15) is 6.54 Å². The summed E-state index contributed by atoms with van der Waals surface area (Å²) < 4.78 is 15.1. The first kappa shape index (κ1) is 17.6. The standard InChI is InChI=1S/C16H20N2O6/c1-3-10(2)18-14(19)8-22-15(20)7-17-16(21)11-4-5-12-13(6-11)24-9-23-12/h4-6,10H,3,7-9H2,1-2H3,(H,17,21)(H,18,19)/t10-/m0/s1. The normalized spacial score (nSPS) is 13.1. The summed E-state index contributed by atoms with van der Waals surface area (Å²) >= 11 is 0. The molecule has 8 heteroatoms. The maximum atomic E-state index is 12.0. The van der Waals surface area contributed by atoms with Gasteiger partial charge in [0.05, 0.1) is 0 Å². The predicted octanol–water partition coefficient (Wildman–Crippen LogP) is 0.603. The van der Waals surface area contributed by atoms with Gasteiger partial charge in [0.2, 0.25) is 6.79 Å². The fourth-order valence-corrected chi connectivity index (χ4v) is 1.91. The molecule has 0 fully saturated rings. The molecule has 2 N–H and O–H groups in total. The first-order valence-electron chi connectivity index (χ1n) is 7.62. The Morgan fingerprint density at radius 2 is 2.00 bits per heavy atom. The summed E-state index contributed by atoms with van der Waals surface area (Å²) in [5.41, 5.74) is 0.335. The average Bonchev–Trinajstić information content (AvgIpc) is 3.05. The zero-order valence-electron chi connectivity index (χ0n) is 13.6. The molecule has 0 aromatic heterocycles. The highest BCUT2D eigenvalue weighted by Crippen LogP contribution is 2.32. The minimum Gasteiger partial charge on any atom is -0.454 e. The molecule has 0 unspecified atom stereocenters. The maximum Gasteiger partial charge on any atom is 0.325 e. The number of esters is 1. The molecule has 0 aliphatic carbocycles. The number of ether oxygens (including phenoxy) is 3. The van der Waals surface area contributed by atoms with Gasteiger partial charge >= 0.3 is 5.97 Å². The number of amides is 2. The summed E-state index contributed by atoms with van der Waals surface area (Å²) in [6.45, 7) is 3.20. The molecule has 1 aliphatic rings. The molecule has 130 valence electrons. The minimum absolute atomic E-state index is 0.0157. The summed E-state index contributed by atoms with van der Waals surface area (Å²) in [5, 5.41) is 5.09. The lowest BCUT2D eigenvalue weighted by atomic mass is 10.2. The minimum atomic E-state index is -0.691. The highest BCUT2D eigenvalue weighted by Gasteiger charge is 2.17. The van der Waals surface area contributed by atoms with E-state index in [0.29, 0.717) is 17.1 Å². The van der Waals surface area contributed by atoms with Crippen LogP contribution in [0.5, 0.6) is 11.5 Å². The van der Waals surface area contributed by atoms with Crippen LogP contribution < -0.4 is 20.1 Å². The van der Waals surface area contributed by atoms with E-state index in [2.05, 4.69) is 10.6 Å². The second-order valence-electron chi connectivity index (χ2n) is 5.29. The summed E-state index contributed by atoms with van der Waals surface area (Å²) in [6, 6.07) is 4.73. The van der Waals surface area contributed by atoms with Crippen molar-refractivity contribution < 1.29 is 28.6 Å². The van der Waals surface area contributed by atoms with Crippen LogP contribution in [0.25, 0.3) is 0 Å². The molecule has 24 heavy (non-hydrogen) atoms. The number of carbonyl (C=O) groups excluding carboxylic acids is 3. The van der Waals surface area contributed by atoms with Gasteiger partial charge in [-0.2, -0.15) is 0 Å². The lowest BCUT2D eigenvalue weighted by molar-refractivity contribution is -0.147. The van der Waals surface area contributed by atoms with Crippen molar-refractivity contribution in [3.05, 3.63) is 23.8 Å². The Bertz CT molecular complexity index is 631. The molecule has 1 aromatic carbocycles. The first-order valence-corrected chi connectivity index (χ1v) is 7.62. The van der Waals surface area contributed by atoms with Crippen molar-refractivity contribution in [2.45, 2.75) is 26.3 Å². The van der Waals surface area contributed by atoms with E-state index in [4.69, 9.17) is 14.2 Å². The van der Waals surface area contributed by atoms with Gasteiger partial charge in [-0.3, -0.25) is 14.4 Å². The monoisotopic (exact) mass is 336 g/mol. The number of carbonyl (C=O) groups is 3. The number of hydrogen-bond donors (Lipinski definition) is 2. The van der Waals surface area contributed by atoms with Crippen molar-refractivity contribution in [2.24, 2.45) is 0 Å². The van der Waals surface area contributed by atoms with E-state index in [1.54, 1.807) is 12.1 Å². The third-order valence-corrected chi connectivity index (χ3v) is 3.41.